The van der Waals surface area contributed by atoms with Crippen LogP contribution in [0.1, 0.15) is 178 Å². The Kier molecular flexibility index (Phi) is 17.0. The number of unbranched alkanes of at least 4 members (excludes halogenated alkanes) is 2. The molecule has 0 fully saturated rings. The number of aryl methyl sites for hydroxylation is 1. The molecule has 0 aromatic heterocycles. The van der Waals surface area contributed by atoms with Crippen molar-refractivity contribution in [2.24, 2.45) is 0 Å². The summed E-state index contributed by atoms with van der Waals surface area (Å²) in [4.78, 5) is 109. The molecule has 8 amide bonds. The van der Waals surface area contributed by atoms with Crippen LogP contribution in [-0.2, 0) is 10.8 Å². The van der Waals surface area contributed by atoms with E-state index in [0.29, 0.717) is 81.0 Å². The van der Waals surface area contributed by atoms with Crippen LogP contribution < -0.4 is 28.7 Å². The lowest BCUT2D eigenvalue weighted by Crippen LogP contribution is -2.31. The Morgan fingerprint density at radius 3 is 0.957 bits per heavy atom. The first-order valence-electron chi connectivity index (χ1n) is 31.3. The molecule has 16 nitrogen and oxygen atoms in total. The van der Waals surface area contributed by atoms with E-state index in [0.717, 1.165) is 63.5 Å². The van der Waals surface area contributed by atoms with E-state index in [-0.39, 0.29) is 51.5 Å². The number of methoxy groups -OCH3 is 1. The molecule has 0 unspecified atom stereocenters. The molecule has 0 N–H and O–H groups in total. The maximum Gasteiger partial charge on any atom is 0.266 e. The summed E-state index contributed by atoms with van der Waals surface area (Å²) in [5, 5.41) is 0. The number of anilines is 2. The summed E-state index contributed by atoms with van der Waals surface area (Å²) in [5.74, 6) is 0.951. The number of hydrogen-bond donors (Lipinski definition) is 0. The van der Waals surface area contributed by atoms with Crippen molar-refractivity contribution in [3.63, 3.8) is 0 Å². The lowest BCUT2D eigenvalue weighted by Gasteiger charge is -2.26. The molecule has 16 heteroatoms. The van der Waals surface area contributed by atoms with E-state index in [4.69, 9.17) is 18.9 Å². The fraction of sp³-hybridized carbons (Fsp3) is 0.205. The van der Waals surface area contributed by atoms with Gasteiger partial charge in [-0.3, -0.25) is 48.2 Å². The monoisotopic (exact) mass is 1250 g/mol. The van der Waals surface area contributed by atoms with Gasteiger partial charge in [0.15, 0.2) is 0 Å². The van der Waals surface area contributed by atoms with Crippen molar-refractivity contribution in [3.8, 4) is 40.2 Å². The Bertz CT molecular complexity index is 4550. The normalized spacial score (nSPS) is 14.1. The Morgan fingerprint density at radius 2 is 0.606 bits per heavy atom. The van der Waals surface area contributed by atoms with Gasteiger partial charge in [0.1, 0.15) is 40.2 Å². The zero-order chi connectivity index (χ0) is 66.3. The van der Waals surface area contributed by atoms with E-state index in [1.807, 2.05) is 106 Å². The summed E-state index contributed by atoms with van der Waals surface area (Å²) in [6, 6.07) is 57.5. The number of nitrogens with zero attached hydrogens (tertiary/aromatic N) is 4. The van der Waals surface area contributed by atoms with Gasteiger partial charge in [-0.1, -0.05) is 121 Å². The Hall–Kier alpha value is -11.3. The van der Waals surface area contributed by atoms with Gasteiger partial charge in [0.25, 0.3) is 47.3 Å². The van der Waals surface area contributed by atoms with Gasteiger partial charge < -0.3 is 18.9 Å². The minimum absolute atomic E-state index is 0.170. The van der Waals surface area contributed by atoms with Crippen LogP contribution >= 0.6 is 0 Å². The first-order valence-corrected chi connectivity index (χ1v) is 31.3. The van der Waals surface area contributed by atoms with Gasteiger partial charge >= 0.3 is 0 Å². The zero-order valence-corrected chi connectivity index (χ0v) is 53.4. The van der Waals surface area contributed by atoms with Gasteiger partial charge in [-0.05, 0) is 175 Å². The minimum atomic E-state index is -0.554. The largest absolute Gasteiger partial charge is 0.497 e. The average Bonchev–Trinajstić information content (AvgIpc) is 1.80. The van der Waals surface area contributed by atoms with Crippen LogP contribution in [0.3, 0.4) is 0 Å². The van der Waals surface area contributed by atoms with Gasteiger partial charge in [0.2, 0.25) is 0 Å². The number of carbonyl (C=O) groups excluding carboxylic acids is 8. The fourth-order valence-corrected chi connectivity index (χ4v) is 12.2. The molecule has 4 heterocycles. The van der Waals surface area contributed by atoms with Gasteiger partial charge in [0.05, 0.1) is 63.0 Å². The second-order valence-electron chi connectivity index (χ2n) is 24.7. The van der Waals surface area contributed by atoms with Crippen molar-refractivity contribution in [1.82, 2.24) is 9.80 Å². The maximum absolute atomic E-state index is 13.8. The smallest absolute Gasteiger partial charge is 0.266 e. The predicted octanol–water partition coefficient (Wildman–Crippen LogP) is 16.1. The minimum Gasteiger partial charge on any atom is -0.497 e. The second-order valence-corrected chi connectivity index (χ2v) is 24.7. The van der Waals surface area contributed by atoms with E-state index in [1.165, 1.54) is 27.5 Å². The molecule has 13 rings (SSSR count). The van der Waals surface area contributed by atoms with Crippen molar-refractivity contribution in [2.75, 3.05) is 30.0 Å². The SMILES string of the molecule is CCCCN1C(=O)c2ccc(Oc3ccc(C(C)(C)c4ccc(OC)cc4)cc3)cc2C1=O.CCCCN1C(=O)c2ccc(Oc3ccc(C(C)(C)c4ccc(Oc5ccc6c(c5)C(=O)N(c5cccc(N7C(=O)c8ccc(C)cc8C7=O)c5)C6=O)cc4)cc3)cc2C1=O. The molecule has 0 spiro atoms. The summed E-state index contributed by atoms with van der Waals surface area (Å²) in [6.45, 7) is 15.3. The molecule has 9 aromatic carbocycles. The van der Waals surface area contributed by atoms with Crippen LogP contribution in [0.4, 0.5) is 11.4 Å². The Labute approximate surface area is 544 Å². The number of benzene rings is 9. The van der Waals surface area contributed by atoms with Crippen molar-refractivity contribution in [1.29, 1.82) is 0 Å². The maximum atomic E-state index is 13.8. The molecule has 0 atom stereocenters. The second kappa shape index (κ2) is 25.4. The Balaban J connectivity index is 0.000000217. The fourth-order valence-electron chi connectivity index (χ4n) is 12.2. The number of fused-ring (bicyclic) bond motifs is 4. The van der Waals surface area contributed by atoms with Crippen LogP contribution in [0.2, 0.25) is 0 Å². The highest BCUT2D eigenvalue weighted by Crippen LogP contribution is 2.40. The molecule has 9 aromatic rings. The van der Waals surface area contributed by atoms with Crippen molar-refractivity contribution >= 4 is 58.6 Å². The number of amides is 8. The molecule has 0 radical (unpaired) electrons. The molecule has 0 bridgehead atoms. The highest BCUT2D eigenvalue weighted by atomic mass is 16.5. The average molecular weight is 1250 g/mol. The zero-order valence-electron chi connectivity index (χ0n) is 53.4. The third-order valence-corrected chi connectivity index (χ3v) is 17.8. The van der Waals surface area contributed by atoms with Crippen LogP contribution in [0.15, 0.2) is 194 Å². The molecule has 4 aliphatic heterocycles. The lowest BCUT2D eigenvalue weighted by atomic mass is 9.78. The van der Waals surface area contributed by atoms with Crippen molar-refractivity contribution < 1.29 is 57.3 Å². The standard InChI is InChI=1S/C50H39N3O8.C28H29NO4/c1-5-6-24-51-44(54)38-22-19-36(27-42(38)45(51)55)60-34-15-11-30(12-16-34)50(3,4)31-13-17-35(18-14-31)61-37-20-23-40-43(28-37)49(59)53(47(40)57)33-9-7-8-32(26-33)52-46(56)39-21-10-29(2)25-41(39)48(52)58;1-5-6-17-29-26(30)24-16-15-23(18-25(24)27(29)31)33-22-13-9-20(10-14-22)28(2,3)19-7-11-21(32-4)12-8-19/h7-23,25-28H,5-6,24H2,1-4H3;7-16,18H,5-6,17H2,1-4H3. The van der Waals surface area contributed by atoms with E-state index >= 15 is 0 Å². The molecular weight excluding hydrogens is 1180 g/mol. The predicted molar refractivity (Wildman–Crippen MR) is 357 cm³/mol. The first-order chi connectivity index (χ1) is 45.2. The summed E-state index contributed by atoms with van der Waals surface area (Å²) >= 11 is 0. The summed E-state index contributed by atoms with van der Waals surface area (Å²) in [6.07, 6.45) is 3.36. The van der Waals surface area contributed by atoms with Crippen molar-refractivity contribution in [2.45, 2.75) is 85.0 Å². The van der Waals surface area contributed by atoms with Crippen LogP contribution in [0.25, 0.3) is 0 Å². The summed E-state index contributed by atoms with van der Waals surface area (Å²) in [5.41, 5.74) is 7.71. The van der Waals surface area contributed by atoms with E-state index < -0.39 is 29.0 Å². The van der Waals surface area contributed by atoms with Gasteiger partial charge in [-0.15, -0.1) is 0 Å². The third-order valence-electron chi connectivity index (χ3n) is 17.8. The number of imide groups is 4. The molecule has 472 valence electrons. The van der Waals surface area contributed by atoms with E-state index in [2.05, 4.69) is 39.8 Å². The molecule has 94 heavy (non-hydrogen) atoms. The van der Waals surface area contributed by atoms with Gasteiger partial charge in [-0.25, -0.2) is 9.80 Å². The molecule has 4 aliphatic rings. The van der Waals surface area contributed by atoms with Crippen molar-refractivity contribution in [3.05, 3.63) is 266 Å². The van der Waals surface area contributed by atoms with Crippen LogP contribution in [0.5, 0.6) is 40.2 Å². The highest BCUT2D eigenvalue weighted by molar-refractivity contribution is 6.36. The van der Waals surface area contributed by atoms with E-state index in [1.54, 1.807) is 92.0 Å². The highest BCUT2D eigenvalue weighted by Gasteiger charge is 2.41. The topological polar surface area (TPSA) is 186 Å². The number of hydrogen-bond acceptors (Lipinski definition) is 12. The molecule has 0 saturated heterocycles. The number of rotatable bonds is 19. The number of carbonyl (C=O) groups is 8. The first kappa shape index (κ1) is 62.9. The summed E-state index contributed by atoms with van der Waals surface area (Å²) < 4.78 is 23.5. The van der Waals surface area contributed by atoms with Gasteiger partial charge in [0, 0.05) is 23.9 Å². The third kappa shape index (κ3) is 11.8. The number of ether oxygens (including phenoxy) is 4. The van der Waals surface area contributed by atoms with E-state index in [9.17, 15) is 38.4 Å². The van der Waals surface area contributed by atoms with Crippen LogP contribution in [-0.4, -0.2) is 77.3 Å². The van der Waals surface area contributed by atoms with Gasteiger partial charge in [-0.2, -0.15) is 0 Å². The molecule has 0 saturated carbocycles. The lowest BCUT2D eigenvalue weighted by molar-refractivity contribution is 0.0636. The molecule has 0 aliphatic carbocycles. The molecular formula is C78H68N4O12. The summed E-state index contributed by atoms with van der Waals surface area (Å²) in [7, 11) is 1.66. The quantitative estimate of drug-likeness (QED) is 0.0698. The van der Waals surface area contributed by atoms with Crippen LogP contribution in [0, 0.1) is 6.92 Å². The Morgan fingerprint density at radius 1 is 0.319 bits per heavy atom.